The van der Waals surface area contributed by atoms with Crippen LogP contribution in [-0.2, 0) is 11.0 Å². The van der Waals surface area contributed by atoms with E-state index in [9.17, 15) is 18.0 Å². The number of alkyl halides is 3. The number of rotatable bonds is 2. The topological polar surface area (TPSA) is 92.3 Å². The molecule has 0 unspecified atom stereocenters. The van der Waals surface area contributed by atoms with Crippen molar-refractivity contribution in [2.24, 2.45) is 0 Å². The van der Waals surface area contributed by atoms with Crippen LogP contribution in [0.3, 0.4) is 0 Å². The number of nitrogens with zero attached hydrogens (tertiary/aromatic N) is 3. The molecule has 21 heavy (non-hydrogen) atoms. The van der Waals surface area contributed by atoms with Crippen LogP contribution in [0.5, 0.6) is 0 Å². The summed E-state index contributed by atoms with van der Waals surface area (Å²) in [5, 5.41) is 8.96. The minimum Gasteiger partial charge on any atom is -0.387 e. The van der Waals surface area contributed by atoms with Crippen molar-refractivity contribution >= 4 is 11.9 Å². The molecule has 0 bridgehead atoms. The van der Waals surface area contributed by atoms with Gasteiger partial charge in [-0.3, -0.25) is 4.79 Å². The lowest BCUT2D eigenvalue weighted by molar-refractivity contribution is -0.141. The first-order valence-corrected chi connectivity index (χ1v) is 6.45. The van der Waals surface area contributed by atoms with Crippen LogP contribution < -0.4 is 5.73 Å². The van der Waals surface area contributed by atoms with Crippen LogP contribution in [0.25, 0.3) is 0 Å². The summed E-state index contributed by atoms with van der Waals surface area (Å²) in [5.74, 6) is -1.02. The average molecular weight is 304 g/mol. The predicted molar refractivity (Wildman–Crippen MR) is 66.8 cm³/mol. The van der Waals surface area contributed by atoms with E-state index in [0.717, 1.165) is 18.9 Å². The molecule has 0 saturated carbocycles. The van der Waals surface area contributed by atoms with Gasteiger partial charge in [-0.2, -0.15) is 13.2 Å². The van der Waals surface area contributed by atoms with Crippen LogP contribution in [0.4, 0.5) is 19.1 Å². The molecule has 1 saturated heterocycles. The number of halogens is 3. The average Bonchev–Trinajstić information content (AvgIpc) is 2.45. The predicted octanol–water partition coefficient (Wildman–Crippen LogP) is 1.12. The Morgan fingerprint density at radius 2 is 2.14 bits per heavy atom. The van der Waals surface area contributed by atoms with Gasteiger partial charge in [-0.05, 0) is 25.3 Å². The summed E-state index contributed by atoms with van der Waals surface area (Å²) < 4.78 is 38.3. The highest BCUT2D eigenvalue weighted by Crippen LogP contribution is 2.34. The molecule has 2 rings (SSSR count). The fraction of sp³-hybridized carbons (Fsp3) is 0.583. The largest absolute Gasteiger partial charge is 0.433 e. The standard InChI is InChI=1S/C12H15F3N4O2/c13-12(14,15)9-5-7(17-11(16)18-9)8-3-1-2-4-19(8)10(21)6-20/h5,8,20H,1-4,6H2,(H2,16,17,18)/t8-/m1/s1. The zero-order valence-corrected chi connectivity index (χ0v) is 11.1. The molecule has 1 atom stereocenters. The zero-order valence-electron chi connectivity index (χ0n) is 11.1. The number of hydrogen-bond acceptors (Lipinski definition) is 5. The molecule has 3 N–H and O–H groups in total. The van der Waals surface area contributed by atoms with Gasteiger partial charge in [-0.25, -0.2) is 9.97 Å². The van der Waals surface area contributed by atoms with Crippen molar-refractivity contribution in [2.75, 3.05) is 18.9 Å². The maximum Gasteiger partial charge on any atom is 0.433 e. The Bertz CT molecular complexity index is 536. The van der Waals surface area contributed by atoms with E-state index in [1.54, 1.807) is 0 Å². The van der Waals surface area contributed by atoms with Gasteiger partial charge in [0.1, 0.15) is 12.3 Å². The molecular weight excluding hydrogens is 289 g/mol. The summed E-state index contributed by atoms with van der Waals surface area (Å²) in [6.45, 7) is -0.321. The number of nitrogens with two attached hydrogens (primary N) is 1. The molecule has 1 aromatic rings. The van der Waals surface area contributed by atoms with Crippen molar-refractivity contribution in [1.29, 1.82) is 0 Å². The highest BCUT2D eigenvalue weighted by molar-refractivity contribution is 5.77. The van der Waals surface area contributed by atoms with Gasteiger partial charge in [0, 0.05) is 6.54 Å². The zero-order chi connectivity index (χ0) is 15.6. The van der Waals surface area contributed by atoms with E-state index in [4.69, 9.17) is 10.8 Å². The lowest BCUT2D eigenvalue weighted by atomic mass is 9.98. The number of anilines is 1. The van der Waals surface area contributed by atoms with Gasteiger partial charge in [-0.1, -0.05) is 0 Å². The first kappa shape index (κ1) is 15.5. The molecule has 116 valence electrons. The minimum atomic E-state index is -4.63. The molecule has 0 spiro atoms. The van der Waals surface area contributed by atoms with Gasteiger partial charge >= 0.3 is 6.18 Å². The lowest BCUT2D eigenvalue weighted by Crippen LogP contribution is -2.40. The molecule has 1 aliphatic heterocycles. The summed E-state index contributed by atoms with van der Waals surface area (Å²) >= 11 is 0. The van der Waals surface area contributed by atoms with E-state index in [2.05, 4.69) is 9.97 Å². The highest BCUT2D eigenvalue weighted by Gasteiger charge is 2.36. The number of carbonyl (C=O) groups is 1. The van der Waals surface area contributed by atoms with E-state index < -0.39 is 36.4 Å². The molecule has 1 amide bonds. The fourth-order valence-electron chi connectivity index (χ4n) is 2.43. The molecule has 9 heteroatoms. The van der Waals surface area contributed by atoms with Crippen LogP contribution in [0.15, 0.2) is 6.07 Å². The van der Waals surface area contributed by atoms with Crippen molar-refractivity contribution in [3.05, 3.63) is 17.5 Å². The molecular formula is C12H15F3N4O2. The molecule has 0 aliphatic carbocycles. The van der Waals surface area contributed by atoms with Crippen molar-refractivity contribution in [2.45, 2.75) is 31.5 Å². The van der Waals surface area contributed by atoms with Gasteiger partial charge in [0.2, 0.25) is 11.9 Å². The molecule has 0 aromatic carbocycles. The number of piperidine rings is 1. The van der Waals surface area contributed by atoms with E-state index >= 15 is 0 Å². The van der Waals surface area contributed by atoms with Crippen molar-refractivity contribution in [1.82, 2.24) is 14.9 Å². The van der Waals surface area contributed by atoms with Gasteiger partial charge in [0.25, 0.3) is 0 Å². The summed E-state index contributed by atoms with van der Waals surface area (Å²) in [6, 6.07) is 0.189. The third-order valence-corrected chi connectivity index (χ3v) is 3.35. The molecule has 0 radical (unpaired) electrons. The van der Waals surface area contributed by atoms with Gasteiger partial charge in [-0.15, -0.1) is 0 Å². The number of amides is 1. The maximum atomic E-state index is 12.8. The van der Waals surface area contributed by atoms with Crippen LogP contribution in [0, 0.1) is 0 Å². The van der Waals surface area contributed by atoms with Crippen LogP contribution in [0.2, 0.25) is 0 Å². The second kappa shape index (κ2) is 5.84. The third-order valence-electron chi connectivity index (χ3n) is 3.35. The van der Waals surface area contributed by atoms with Crippen LogP contribution in [0.1, 0.15) is 36.7 Å². The Morgan fingerprint density at radius 1 is 1.43 bits per heavy atom. The highest BCUT2D eigenvalue weighted by atomic mass is 19.4. The second-order valence-corrected chi connectivity index (χ2v) is 4.79. The molecule has 1 fully saturated rings. The number of hydrogen-bond donors (Lipinski definition) is 2. The Balaban J connectivity index is 2.39. The third kappa shape index (κ3) is 3.41. The fourth-order valence-corrected chi connectivity index (χ4v) is 2.43. The molecule has 2 heterocycles. The number of aliphatic hydroxyl groups is 1. The van der Waals surface area contributed by atoms with E-state index in [1.165, 1.54) is 4.90 Å². The quantitative estimate of drug-likeness (QED) is 0.854. The summed E-state index contributed by atoms with van der Waals surface area (Å²) in [7, 11) is 0. The molecule has 1 aliphatic rings. The number of nitrogen functional groups attached to an aromatic ring is 1. The summed E-state index contributed by atoms with van der Waals surface area (Å²) in [4.78, 5) is 20.0. The smallest absolute Gasteiger partial charge is 0.387 e. The Kier molecular flexibility index (Phi) is 4.31. The Labute approximate surface area is 118 Å². The SMILES string of the molecule is Nc1nc([C@H]2CCCCN2C(=O)CO)cc(C(F)(F)F)n1. The number of aromatic nitrogens is 2. The van der Waals surface area contributed by atoms with E-state index in [0.29, 0.717) is 13.0 Å². The maximum absolute atomic E-state index is 12.8. The van der Waals surface area contributed by atoms with Crippen molar-refractivity contribution in [3.8, 4) is 0 Å². The number of likely N-dealkylation sites (tertiary alicyclic amines) is 1. The first-order chi connectivity index (χ1) is 9.82. The van der Waals surface area contributed by atoms with Gasteiger partial charge < -0.3 is 15.7 Å². The van der Waals surface area contributed by atoms with Crippen molar-refractivity contribution < 1.29 is 23.1 Å². The molecule has 6 nitrogen and oxygen atoms in total. The number of carbonyl (C=O) groups excluding carboxylic acids is 1. The van der Waals surface area contributed by atoms with Crippen LogP contribution in [-0.4, -0.2) is 39.0 Å². The summed E-state index contributed by atoms with van der Waals surface area (Å²) in [6.07, 6.45) is -2.67. The van der Waals surface area contributed by atoms with Gasteiger partial charge in [0.15, 0.2) is 0 Å². The van der Waals surface area contributed by atoms with E-state index in [1.807, 2.05) is 0 Å². The normalized spacial score (nSPS) is 19.6. The van der Waals surface area contributed by atoms with E-state index in [-0.39, 0.29) is 5.69 Å². The lowest BCUT2D eigenvalue weighted by Gasteiger charge is -2.35. The monoisotopic (exact) mass is 304 g/mol. The first-order valence-electron chi connectivity index (χ1n) is 6.45. The van der Waals surface area contributed by atoms with Crippen molar-refractivity contribution in [3.63, 3.8) is 0 Å². The summed E-state index contributed by atoms with van der Waals surface area (Å²) in [5.41, 5.74) is 4.26. The number of aliphatic hydroxyl groups excluding tert-OH is 1. The van der Waals surface area contributed by atoms with Gasteiger partial charge in [0.05, 0.1) is 11.7 Å². The Morgan fingerprint density at radius 3 is 2.76 bits per heavy atom. The second-order valence-electron chi connectivity index (χ2n) is 4.79. The Hall–Kier alpha value is -1.90. The van der Waals surface area contributed by atoms with Crippen LogP contribution >= 0.6 is 0 Å². The molecule has 1 aromatic heterocycles. The minimum absolute atomic E-state index is 0.0522.